The fraction of sp³-hybridized carbons (Fsp3) is 0.538. The lowest BCUT2D eigenvalue weighted by Crippen LogP contribution is -2.17. The molecule has 150 valence electrons. The van der Waals surface area contributed by atoms with Crippen molar-refractivity contribution in [3.05, 3.63) is 69.8 Å². The van der Waals surface area contributed by atoms with E-state index in [0.717, 1.165) is 50.0 Å². The van der Waals surface area contributed by atoms with Crippen LogP contribution in [0.4, 0.5) is 8.78 Å². The van der Waals surface area contributed by atoms with Gasteiger partial charge in [-0.15, -0.1) is 0 Å². The minimum atomic E-state index is -0.328. The monoisotopic (exact) mass is 382 g/mol. The molecule has 2 aromatic carbocycles. The van der Waals surface area contributed by atoms with Crippen molar-refractivity contribution in [3.63, 3.8) is 0 Å². The zero-order valence-electron chi connectivity index (χ0n) is 17.2. The van der Waals surface area contributed by atoms with Crippen LogP contribution in [-0.4, -0.2) is 0 Å². The molecule has 2 aliphatic rings. The summed E-state index contributed by atoms with van der Waals surface area (Å²) >= 11 is 0. The zero-order valence-corrected chi connectivity index (χ0v) is 17.2. The first kappa shape index (κ1) is 19.6. The van der Waals surface area contributed by atoms with Crippen molar-refractivity contribution in [2.75, 3.05) is 0 Å². The molecule has 0 spiro atoms. The molecule has 0 bridgehead atoms. The summed E-state index contributed by atoms with van der Waals surface area (Å²) in [5.74, 6) is 0.406. The standard InChI is InChI=1S/C26H32F2/c1-3-17-5-8-19(9-6-17)23-15-24(27)26(25(28)16-23)22-12-11-20-13-18(4-2)7-10-21(20)14-22/h7,10,13,15-17,19,22H,3-6,8-9,11-12,14H2,1-2H3. The van der Waals surface area contributed by atoms with Crippen LogP contribution < -0.4 is 0 Å². The van der Waals surface area contributed by atoms with Gasteiger partial charge in [0, 0.05) is 5.56 Å². The summed E-state index contributed by atoms with van der Waals surface area (Å²) < 4.78 is 30.1. The third-order valence-corrected chi connectivity index (χ3v) is 7.31. The molecule has 1 unspecified atom stereocenters. The highest BCUT2D eigenvalue weighted by Crippen LogP contribution is 2.40. The fourth-order valence-electron chi connectivity index (χ4n) is 5.41. The Balaban J connectivity index is 1.54. The van der Waals surface area contributed by atoms with Crippen LogP contribution in [0.15, 0.2) is 30.3 Å². The molecule has 1 fully saturated rings. The summed E-state index contributed by atoms with van der Waals surface area (Å²) in [5, 5.41) is 0. The molecule has 0 amide bonds. The van der Waals surface area contributed by atoms with Gasteiger partial charge in [0.1, 0.15) is 11.6 Å². The molecule has 28 heavy (non-hydrogen) atoms. The van der Waals surface area contributed by atoms with Gasteiger partial charge in [-0.3, -0.25) is 0 Å². The van der Waals surface area contributed by atoms with Crippen LogP contribution in [0.2, 0.25) is 0 Å². The first-order valence-electron chi connectivity index (χ1n) is 11.2. The molecule has 0 radical (unpaired) electrons. The molecule has 1 saturated carbocycles. The Hall–Kier alpha value is -1.70. The molecule has 0 N–H and O–H groups in total. The van der Waals surface area contributed by atoms with E-state index in [-0.39, 0.29) is 17.6 Å². The van der Waals surface area contributed by atoms with Crippen LogP contribution in [0, 0.1) is 17.6 Å². The van der Waals surface area contributed by atoms with Crippen molar-refractivity contribution in [1.82, 2.24) is 0 Å². The quantitative estimate of drug-likeness (QED) is 0.514. The topological polar surface area (TPSA) is 0 Å². The molecule has 4 rings (SSSR count). The van der Waals surface area contributed by atoms with E-state index < -0.39 is 0 Å². The fourth-order valence-corrected chi connectivity index (χ4v) is 5.41. The van der Waals surface area contributed by atoms with Gasteiger partial charge in [0.25, 0.3) is 0 Å². The van der Waals surface area contributed by atoms with Gasteiger partial charge in [-0.25, -0.2) is 8.78 Å². The molecule has 0 nitrogen and oxygen atoms in total. The third-order valence-electron chi connectivity index (χ3n) is 7.31. The minimum Gasteiger partial charge on any atom is -0.207 e. The molecule has 0 aromatic heterocycles. The molecular formula is C26H32F2. The van der Waals surface area contributed by atoms with Crippen LogP contribution >= 0.6 is 0 Å². The first-order chi connectivity index (χ1) is 13.6. The number of rotatable bonds is 4. The van der Waals surface area contributed by atoms with Gasteiger partial charge < -0.3 is 0 Å². The maximum absolute atomic E-state index is 15.0. The number of benzene rings is 2. The van der Waals surface area contributed by atoms with Gasteiger partial charge >= 0.3 is 0 Å². The van der Waals surface area contributed by atoms with Crippen molar-refractivity contribution in [3.8, 4) is 0 Å². The highest BCUT2D eigenvalue weighted by atomic mass is 19.1. The maximum atomic E-state index is 15.0. The second-order valence-corrected chi connectivity index (χ2v) is 8.92. The second kappa shape index (κ2) is 8.35. The van der Waals surface area contributed by atoms with Crippen molar-refractivity contribution < 1.29 is 8.78 Å². The molecule has 0 heterocycles. The Morgan fingerprint density at radius 2 is 1.54 bits per heavy atom. The lowest BCUT2D eigenvalue weighted by molar-refractivity contribution is 0.317. The van der Waals surface area contributed by atoms with E-state index in [1.807, 2.05) is 0 Å². The van der Waals surface area contributed by atoms with Crippen LogP contribution in [0.5, 0.6) is 0 Å². The summed E-state index contributed by atoms with van der Waals surface area (Å²) in [7, 11) is 0. The number of fused-ring (bicyclic) bond motifs is 1. The normalized spacial score (nSPS) is 24.8. The number of halogens is 2. The highest BCUT2D eigenvalue weighted by molar-refractivity contribution is 5.39. The van der Waals surface area contributed by atoms with Crippen LogP contribution in [0.3, 0.4) is 0 Å². The van der Waals surface area contributed by atoms with Gasteiger partial charge in [-0.1, -0.05) is 38.5 Å². The Kier molecular flexibility index (Phi) is 5.85. The maximum Gasteiger partial charge on any atom is 0.129 e. The summed E-state index contributed by atoms with van der Waals surface area (Å²) in [5.41, 5.74) is 5.15. The summed E-state index contributed by atoms with van der Waals surface area (Å²) in [4.78, 5) is 0. The molecule has 2 heteroatoms. The van der Waals surface area contributed by atoms with E-state index in [0.29, 0.717) is 11.5 Å². The third kappa shape index (κ3) is 3.88. The number of hydrogen-bond acceptors (Lipinski definition) is 0. The number of aryl methyl sites for hydroxylation is 2. The van der Waals surface area contributed by atoms with Crippen molar-refractivity contribution in [1.29, 1.82) is 0 Å². The van der Waals surface area contributed by atoms with E-state index in [1.54, 1.807) is 12.1 Å². The Morgan fingerprint density at radius 1 is 0.821 bits per heavy atom. The summed E-state index contributed by atoms with van der Waals surface area (Å²) in [6.45, 7) is 4.40. The van der Waals surface area contributed by atoms with Crippen molar-refractivity contribution in [2.45, 2.75) is 83.5 Å². The Morgan fingerprint density at radius 3 is 2.18 bits per heavy atom. The lowest BCUT2D eigenvalue weighted by atomic mass is 9.76. The van der Waals surface area contributed by atoms with E-state index in [4.69, 9.17) is 0 Å². The summed E-state index contributed by atoms with van der Waals surface area (Å²) in [6, 6.07) is 9.88. The second-order valence-electron chi connectivity index (χ2n) is 8.92. The molecule has 0 saturated heterocycles. The van der Waals surface area contributed by atoms with Gasteiger partial charge in [-0.2, -0.15) is 0 Å². The predicted molar refractivity (Wildman–Crippen MR) is 112 cm³/mol. The van der Waals surface area contributed by atoms with Crippen molar-refractivity contribution in [2.24, 2.45) is 5.92 Å². The predicted octanol–water partition coefficient (Wildman–Crippen LogP) is 7.48. The van der Waals surface area contributed by atoms with E-state index >= 15 is 8.78 Å². The van der Waals surface area contributed by atoms with Gasteiger partial charge in [-0.05, 0) is 104 Å². The first-order valence-corrected chi connectivity index (χ1v) is 11.2. The average molecular weight is 383 g/mol. The van der Waals surface area contributed by atoms with Gasteiger partial charge in [0.15, 0.2) is 0 Å². The Labute approximate surface area is 168 Å². The largest absolute Gasteiger partial charge is 0.207 e. The van der Waals surface area contributed by atoms with E-state index in [2.05, 4.69) is 32.0 Å². The molecule has 2 aliphatic carbocycles. The number of hydrogen-bond donors (Lipinski definition) is 0. The highest BCUT2D eigenvalue weighted by Gasteiger charge is 2.28. The van der Waals surface area contributed by atoms with Crippen molar-refractivity contribution >= 4 is 0 Å². The minimum absolute atomic E-state index is 0.0511. The smallest absolute Gasteiger partial charge is 0.129 e. The van der Waals surface area contributed by atoms with Gasteiger partial charge in [0.2, 0.25) is 0 Å². The van der Waals surface area contributed by atoms with Crippen LogP contribution in [0.25, 0.3) is 0 Å². The van der Waals surface area contributed by atoms with E-state index in [9.17, 15) is 0 Å². The Bertz CT molecular complexity index is 807. The van der Waals surface area contributed by atoms with E-state index in [1.165, 1.54) is 36.0 Å². The molecule has 2 aromatic rings. The lowest BCUT2D eigenvalue weighted by Gasteiger charge is -2.29. The SMILES string of the molecule is CCc1ccc2c(c1)CCC(c1c(F)cc(C3CCC(CC)CC3)cc1F)C2. The summed E-state index contributed by atoms with van der Waals surface area (Å²) in [6.07, 6.45) is 9.23. The molecule has 1 atom stereocenters. The zero-order chi connectivity index (χ0) is 19.7. The average Bonchev–Trinajstić information content (AvgIpc) is 2.72. The molecule has 0 aliphatic heterocycles. The molecular weight excluding hydrogens is 350 g/mol. The van der Waals surface area contributed by atoms with Crippen LogP contribution in [-0.2, 0) is 19.3 Å². The van der Waals surface area contributed by atoms with Crippen LogP contribution in [0.1, 0.15) is 92.0 Å². The van der Waals surface area contributed by atoms with Gasteiger partial charge in [0.05, 0.1) is 0 Å².